The Kier molecular flexibility index (Phi) is 4.66. The molecule has 0 aliphatic heterocycles. The van der Waals surface area contributed by atoms with Crippen LogP contribution in [-0.2, 0) is 4.79 Å². The molecule has 0 saturated heterocycles. The number of hydrogen-bond acceptors (Lipinski definition) is 2. The van der Waals surface area contributed by atoms with Gasteiger partial charge in [0.25, 0.3) is 5.91 Å². The van der Waals surface area contributed by atoms with Crippen molar-refractivity contribution in [1.82, 2.24) is 0 Å². The molecule has 0 fully saturated rings. The maximum absolute atomic E-state index is 11.4. The summed E-state index contributed by atoms with van der Waals surface area (Å²) in [5.74, 6) is -0.118. The van der Waals surface area contributed by atoms with E-state index in [2.05, 4.69) is 0 Å². The first-order chi connectivity index (χ1) is 9.56. The number of carbonyl (C=O) groups is 1. The Labute approximate surface area is 126 Å². The maximum atomic E-state index is 11.4. The van der Waals surface area contributed by atoms with Gasteiger partial charge in [0.1, 0.15) is 5.75 Å². The van der Waals surface area contributed by atoms with Gasteiger partial charge in [-0.05, 0) is 35.9 Å². The van der Waals surface area contributed by atoms with E-state index in [9.17, 15) is 4.79 Å². The first-order valence-electron chi connectivity index (χ1n) is 5.76. The molecule has 3 nitrogen and oxygen atoms in total. The highest BCUT2D eigenvalue weighted by molar-refractivity contribution is 6.42. The van der Waals surface area contributed by atoms with E-state index < -0.39 is 5.91 Å². The number of carbonyl (C=O) groups excluding carboxylic acids is 1. The average molecular weight is 308 g/mol. The predicted octanol–water partition coefficient (Wildman–Crippen LogP) is 3.90. The van der Waals surface area contributed by atoms with Gasteiger partial charge in [0.05, 0.1) is 10.0 Å². The van der Waals surface area contributed by atoms with Crippen LogP contribution in [-0.4, -0.2) is 5.91 Å². The maximum Gasteiger partial charge on any atom is 0.284 e. The Hall–Kier alpha value is -1.97. The van der Waals surface area contributed by atoms with Crippen molar-refractivity contribution in [2.75, 3.05) is 0 Å². The van der Waals surface area contributed by atoms with Crippen molar-refractivity contribution in [2.45, 2.75) is 0 Å². The third-order valence-corrected chi connectivity index (χ3v) is 3.19. The second-order valence-electron chi connectivity index (χ2n) is 3.96. The SMILES string of the molecule is NC(=O)/C(=C/c1ccc(Cl)c(Cl)c1)Oc1ccccc1. The normalized spacial score (nSPS) is 11.2. The fourth-order valence-corrected chi connectivity index (χ4v) is 1.83. The Morgan fingerprint density at radius 3 is 2.35 bits per heavy atom. The summed E-state index contributed by atoms with van der Waals surface area (Å²) in [5.41, 5.74) is 5.98. The van der Waals surface area contributed by atoms with Gasteiger partial charge in [-0.1, -0.05) is 47.5 Å². The Bertz CT molecular complexity index is 654. The highest BCUT2D eigenvalue weighted by Crippen LogP contribution is 2.24. The van der Waals surface area contributed by atoms with Gasteiger partial charge in [0.15, 0.2) is 5.76 Å². The molecule has 0 saturated carbocycles. The lowest BCUT2D eigenvalue weighted by atomic mass is 10.2. The Morgan fingerprint density at radius 2 is 1.75 bits per heavy atom. The lowest BCUT2D eigenvalue weighted by Crippen LogP contribution is -2.18. The van der Waals surface area contributed by atoms with Crippen LogP contribution in [0.3, 0.4) is 0 Å². The van der Waals surface area contributed by atoms with E-state index in [0.717, 1.165) is 0 Å². The quantitative estimate of drug-likeness (QED) is 0.688. The lowest BCUT2D eigenvalue weighted by Gasteiger charge is -2.07. The molecule has 0 spiro atoms. The number of halogens is 2. The van der Waals surface area contributed by atoms with E-state index in [4.69, 9.17) is 33.7 Å². The van der Waals surface area contributed by atoms with E-state index in [1.165, 1.54) is 6.08 Å². The number of amides is 1. The molecule has 0 aliphatic carbocycles. The molecule has 2 N–H and O–H groups in total. The first kappa shape index (κ1) is 14.4. The van der Waals surface area contributed by atoms with Crippen molar-refractivity contribution in [3.05, 3.63) is 69.9 Å². The number of ether oxygens (including phenoxy) is 1. The standard InChI is InChI=1S/C15H11Cl2NO2/c16-12-7-6-10(8-13(12)17)9-14(15(18)19)20-11-4-2-1-3-5-11/h1-9H,(H2,18,19)/b14-9-. The average Bonchev–Trinajstić information content (AvgIpc) is 2.43. The van der Waals surface area contributed by atoms with E-state index in [0.29, 0.717) is 21.4 Å². The summed E-state index contributed by atoms with van der Waals surface area (Å²) in [6.07, 6.45) is 1.51. The molecule has 20 heavy (non-hydrogen) atoms. The molecule has 0 aliphatic rings. The molecular weight excluding hydrogens is 297 g/mol. The molecular formula is C15H11Cl2NO2. The zero-order valence-electron chi connectivity index (χ0n) is 10.3. The zero-order valence-corrected chi connectivity index (χ0v) is 11.9. The minimum absolute atomic E-state index is 0.0228. The van der Waals surface area contributed by atoms with E-state index in [-0.39, 0.29) is 5.76 Å². The molecule has 0 aromatic heterocycles. The van der Waals surface area contributed by atoms with E-state index >= 15 is 0 Å². The lowest BCUT2D eigenvalue weighted by molar-refractivity contribution is -0.116. The van der Waals surface area contributed by atoms with Crippen LogP contribution in [0.25, 0.3) is 6.08 Å². The van der Waals surface area contributed by atoms with Crippen LogP contribution in [0.5, 0.6) is 5.75 Å². The zero-order chi connectivity index (χ0) is 14.5. The summed E-state index contributed by atoms with van der Waals surface area (Å²) in [4.78, 5) is 11.4. The summed E-state index contributed by atoms with van der Waals surface area (Å²) in [6.45, 7) is 0. The van der Waals surface area contributed by atoms with Gasteiger partial charge < -0.3 is 10.5 Å². The number of primary amides is 1. The van der Waals surface area contributed by atoms with Crippen LogP contribution in [0.4, 0.5) is 0 Å². The Balaban J connectivity index is 2.30. The van der Waals surface area contributed by atoms with Crippen molar-refractivity contribution < 1.29 is 9.53 Å². The Morgan fingerprint density at radius 1 is 1.05 bits per heavy atom. The molecule has 2 rings (SSSR count). The number of rotatable bonds is 4. The number of hydrogen-bond donors (Lipinski definition) is 1. The monoisotopic (exact) mass is 307 g/mol. The first-order valence-corrected chi connectivity index (χ1v) is 6.51. The summed E-state index contributed by atoms with van der Waals surface area (Å²) in [6, 6.07) is 13.9. The molecule has 1 amide bonds. The van der Waals surface area contributed by atoms with Gasteiger partial charge in [0, 0.05) is 0 Å². The molecule has 0 radical (unpaired) electrons. The van der Waals surface area contributed by atoms with Crippen molar-refractivity contribution in [2.24, 2.45) is 5.73 Å². The second kappa shape index (κ2) is 6.46. The molecule has 0 atom stereocenters. The minimum Gasteiger partial charge on any atom is -0.452 e. The van der Waals surface area contributed by atoms with Crippen molar-refractivity contribution in [1.29, 1.82) is 0 Å². The fourth-order valence-electron chi connectivity index (χ4n) is 1.52. The van der Waals surface area contributed by atoms with E-state index in [1.54, 1.807) is 42.5 Å². The van der Waals surface area contributed by atoms with Crippen molar-refractivity contribution >= 4 is 35.2 Å². The highest BCUT2D eigenvalue weighted by atomic mass is 35.5. The van der Waals surface area contributed by atoms with Crippen LogP contribution in [0, 0.1) is 0 Å². The topological polar surface area (TPSA) is 52.3 Å². The molecule has 2 aromatic carbocycles. The van der Waals surface area contributed by atoms with Crippen LogP contribution < -0.4 is 10.5 Å². The number of para-hydroxylation sites is 1. The largest absolute Gasteiger partial charge is 0.452 e. The van der Waals surface area contributed by atoms with Gasteiger partial charge in [-0.2, -0.15) is 0 Å². The summed E-state index contributed by atoms with van der Waals surface area (Å²) < 4.78 is 5.46. The third kappa shape index (κ3) is 3.76. The van der Waals surface area contributed by atoms with E-state index in [1.807, 2.05) is 6.07 Å². The third-order valence-electron chi connectivity index (χ3n) is 2.46. The molecule has 5 heteroatoms. The fraction of sp³-hybridized carbons (Fsp3) is 0. The molecule has 102 valence electrons. The van der Waals surface area contributed by atoms with Gasteiger partial charge in [-0.15, -0.1) is 0 Å². The van der Waals surface area contributed by atoms with Crippen molar-refractivity contribution in [3.8, 4) is 5.75 Å². The molecule has 2 aromatic rings. The molecule has 0 heterocycles. The molecule has 0 bridgehead atoms. The summed E-state index contributed by atoms with van der Waals surface area (Å²) >= 11 is 11.8. The highest BCUT2D eigenvalue weighted by Gasteiger charge is 2.08. The van der Waals surface area contributed by atoms with Crippen LogP contribution >= 0.6 is 23.2 Å². The smallest absolute Gasteiger partial charge is 0.284 e. The summed E-state index contributed by atoms with van der Waals surface area (Å²) in [5, 5.41) is 0.831. The van der Waals surface area contributed by atoms with Gasteiger partial charge >= 0.3 is 0 Å². The van der Waals surface area contributed by atoms with Crippen LogP contribution in [0.15, 0.2) is 54.3 Å². The van der Waals surface area contributed by atoms with Crippen LogP contribution in [0.1, 0.15) is 5.56 Å². The van der Waals surface area contributed by atoms with Gasteiger partial charge in [-0.3, -0.25) is 4.79 Å². The number of benzene rings is 2. The van der Waals surface area contributed by atoms with Gasteiger partial charge in [0.2, 0.25) is 0 Å². The minimum atomic E-state index is -0.667. The number of nitrogens with two attached hydrogens (primary N) is 1. The second-order valence-corrected chi connectivity index (χ2v) is 4.78. The molecule has 0 unspecified atom stereocenters. The van der Waals surface area contributed by atoms with Crippen molar-refractivity contribution in [3.63, 3.8) is 0 Å². The predicted molar refractivity (Wildman–Crippen MR) is 80.7 cm³/mol. The van der Waals surface area contributed by atoms with Crippen LogP contribution in [0.2, 0.25) is 10.0 Å². The van der Waals surface area contributed by atoms with Gasteiger partial charge in [-0.25, -0.2) is 0 Å². The summed E-state index contributed by atoms with van der Waals surface area (Å²) in [7, 11) is 0.